The first-order chi connectivity index (χ1) is 8.08. The normalized spacial score (nSPS) is 10.6. The van der Waals surface area contributed by atoms with E-state index in [1.54, 1.807) is 11.8 Å². The SMILES string of the molecule is Cc1c(Cl)nnc(Sc2ccc(Br)cc2)c1C. The third-order valence-corrected chi connectivity index (χ3v) is 4.43. The second kappa shape index (κ2) is 5.38. The number of benzene rings is 1. The lowest BCUT2D eigenvalue weighted by Gasteiger charge is -2.07. The zero-order valence-corrected chi connectivity index (χ0v) is 12.5. The molecule has 0 aliphatic carbocycles. The molecule has 0 spiro atoms. The molecule has 17 heavy (non-hydrogen) atoms. The summed E-state index contributed by atoms with van der Waals surface area (Å²) in [7, 11) is 0. The molecule has 0 amide bonds. The van der Waals surface area contributed by atoms with Gasteiger partial charge in [0.15, 0.2) is 5.15 Å². The molecular weight excluding hydrogens is 320 g/mol. The lowest BCUT2D eigenvalue weighted by molar-refractivity contribution is 0.891. The number of halogens is 2. The second-order valence-electron chi connectivity index (χ2n) is 3.60. The Labute approximate surface area is 118 Å². The Kier molecular flexibility index (Phi) is 4.07. The third kappa shape index (κ3) is 3.00. The van der Waals surface area contributed by atoms with Crippen LogP contribution in [0, 0.1) is 13.8 Å². The molecule has 0 fully saturated rings. The molecule has 1 aromatic carbocycles. The first kappa shape index (κ1) is 12.9. The highest BCUT2D eigenvalue weighted by atomic mass is 79.9. The van der Waals surface area contributed by atoms with Crippen molar-refractivity contribution in [1.82, 2.24) is 10.2 Å². The van der Waals surface area contributed by atoms with Gasteiger partial charge in [-0.2, -0.15) is 0 Å². The molecule has 88 valence electrons. The maximum atomic E-state index is 5.92. The van der Waals surface area contributed by atoms with Gasteiger partial charge in [0, 0.05) is 9.37 Å². The Balaban J connectivity index is 2.30. The summed E-state index contributed by atoms with van der Waals surface area (Å²) >= 11 is 10.9. The predicted octanol–water partition coefficient (Wildman–Crippen LogP) is 4.66. The maximum absolute atomic E-state index is 5.92. The number of nitrogens with zero attached hydrogens (tertiary/aromatic N) is 2. The molecule has 2 rings (SSSR count). The highest BCUT2D eigenvalue weighted by Gasteiger charge is 2.09. The molecule has 2 nitrogen and oxygen atoms in total. The van der Waals surface area contributed by atoms with Crippen LogP contribution in [0.3, 0.4) is 0 Å². The molecule has 0 bridgehead atoms. The summed E-state index contributed by atoms with van der Waals surface area (Å²) in [6.45, 7) is 3.97. The molecule has 0 saturated heterocycles. The van der Waals surface area contributed by atoms with Crippen LogP contribution >= 0.6 is 39.3 Å². The summed E-state index contributed by atoms with van der Waals surface area (Å²) in [5, 5.41) is 9.44. The molecule has 0 aliphatic rings. The minimum atomic E-state index is 0.475. The van der Waals surface area contributed by atoms with Crippen molar-refractivity contribution in [2.45, 2.75) is 23.8 Å². The van der Waals surface area contributed by atoms with Crippen LogP contribution in [0.15, 0.2) is 38.7 Å². The topological polar surface area (TPSA) is 25.8 Å². The van der Waals surface area contributed by atoms with Crippen molar-refractivity contribution >= 4 is 39.3 Å². The van der Waals surface area contributed by atoms with E-state index >= 15 is 0 Å². The molecule has 0 N–H and O–H groups in total. The highest BCUT2D eigenvalue weighted by Crippen LogP contribution is 2.31. The van der Waals surface area contributed by atoms with Gasteiger partial charge in [0.05, 0.1) is 0 Å². The van der Waals surface area contributed by atoms with E-state index in [9.17, 15) is 0 Å². The quantitative estimate of drug-likeness (QED) is 0.801. The Morgan fingerprint density at radius 3 is 2.35 bits per heavy atom. The average molecular weight is 330 g/mol. The van der Waals surface area contributed by atoms with E-state index in [0.717, 1.165) is 25.5 Å². The maximum Gasteiger partial charge on any atom is 0.154 e. The Morgan fingerprint density at radius 1 is 1.06 bits per heavy atom. The van der Waals surface area contributed by atoms with E-state index in [4.69, 9.17) is 11.6 Å². The van der Waals surface area contributed by atoms with Crippen molar-refractivity contribution < 1.29 is 0 Å². The summed E-state index contributed by atoms with van der Waals surface area (Å²) in [6, 6.07) is 8.10. The molecule has 2 aromatic rings. The van der Waals surface area contributed by atoms with Gasteiger partial charge in [-0.1, -0.05) is 39.3 Å². The van der Waals surface area contributed by atoms with Crippen LogP contribution in [0.2, 0.25) is 5.15 Å². The molecule has 0 saturated carbocycles. The zero-order valence-electron chi connectivity index (χ0n) is 9.37. The number of rotatable bonds is 2. The zero-order chi connectivity index (χ0) is 12.4. The van der Waals surface area contributed by atoms with E-state index in [2.05, 4.69) is 26.1 Å². The Hall–Kier alpha value is -0.580. The molecule has 0 aliphatic heterocycles. The van der Waals surface area contributed by atoms with Crippen molar-refractivity contribution in [3.8, 4) is 0 Å². The molecule has 5 heteroatoms. The fourth-order valence-corrected chi connectivity index (χ4v) is 2.59. The van der Waals surface area contributed by atoms with Gasteiger partial charge in [0.25, 0.3) is 0 Å². The summed E-state index contributed by atoms with van der Waals surface area (Å²) in [5.41, 5.74) is 2.07. The molecular formula is C12H10BrClN2S. The van der Waals surface area contributed by atoms with E-state index < -0.39 is 0 Å². The highest BCUT2D eigenvalue weighted by molar-refractivity contribution is 9.10. The molecule has 1 aromatic heterocycles. The van der Waals surface area contributed by atoms with Crippen LogP contribution in [0.25, 0.3) is 0 Å². The predicted molar refractivity (Wildman–Crippen MR) is 74.8 cm³/mol. The van der Waals surface area contributed by atoms with E-state index in [1.807, 2.05) is 38.1 Å². The standard InChI is InChI=1S/C12H10BrClN2S/c1-7-8(2)12(16-15-11(7)14)17-10-5-3-9(13)4-6-10/h3-6H,1-2H3. The average Bonchev–Trinajstić information content (AvgIpc) is 2.33. The number of aromatic nitrogens is 2. The third-order valence-electron chi connectivity index (χ3n) is 2.45. The van der Waals surface area contributed by atoms with Crippen molar-refractivity contribution in [3.63, 3.8) is 0 Å². The van der Waals surface area contributed by atoms with Crippen molar-refractivity contribution in [2.24, 2.45) is 0 Å². The first-order valence-electron chi connectivity index (χ1n) is 5.00. The van der Waals surface area contributed by atoms with Gasteiger partial charge in [-0.05, 0) is 49.2 Å². The first-order valence-corrected chi connectivity index (χ1v) is 6.99. The van der Waals surface area contributed by atoms with Gasteiger partial charge in [0.2, 0.25) is 0 Å². The smallest absolute Gasteiger partial charge is 0.142 e. The van der Waals surface area contributed by atoms with E-state index in [-0.39, 0.29) is 0 Å². The van der Waals surface area contributed by atoms with Crippen LogP contribution < -0.4 is 0 Å². The van der Waals surface area contributed by atoms with Gasteiger partial charge in [-0.25, -0.2) is 0 Å². The minimum absolute atomic E-state index is 0.475. The summed E-state index contributed by atoms with van der Waals surface area (Å²) in [6.07, 6.45) is 0. The van der Waals surface area contributed by atoms with Gasteiger partial charge in [-0.3, -0.25) is 0 Å². The Bertz CT molecular complexity index is 543. The number of hydrogen-bond acceptors (Lipinski definition) is 3. The fourth-order valence-electron chi connectivity index (χ4n) is 1.27. The van der Waals surface area contributed by atoms with E-state index in [0.29, 0.717) is 5.15 Å². The largest absolute Gasteiger partial charge is 0.154 e. The van der Waals surface area contributed by atoms with Crippen LogP contribution in [0.5, 0.6) is 0 Å². The fraction of sp³-hybridized carbons (Fsp3) is 0.167. The summed E-state index contributed by atoms with van der Waals surface area (Å²) in [5.74, 6) is 0. The van der Waals surface area contributed by atoms with Crippen molar-refractivity contribution in [1.29, 1.82) is 0 Å². The van der Waals surface area contributed by atoms with Crippen molar-refractivity contribution in [3.05, 3.63) is 45.0 Å². The molecule has 0 radical (unpaired) electrons. The van der Waals surface area contributed by atoms with Crippen LogP contribution in [0.4, 0.5) is 0 Å². The van der Waals surface area contributed by atoms with Gasteiger partial charge in [0.1, 0.15) is 5.03 Å². The molecule has 0 unspecified atom stereocenters. The van der Waals surface area contributed by atoms with Gasteiger partial charge < -0.3 is 0 Å². The lowest BCUT2D eigenvalue weighted by atomic mass is 10.2. The molecule has 1 heterocycles. The van der Waals surface area contributed by atoms with Crippen LogP contribution in [0.1, 0.15) is 11.1 Å². The summed E-state index contributed by atoms with van der Waals surface area (Å²) in [4.78, 5) is 1.13. The lowest BCUT2D eigenvalue weighted by Crippen LogP contribution is -1.94. The monoisotopic (exact) mass is 328 g/mol. The number of hydrogen-bond donors (Lipinski definition) is 0. The van der Waals surface area contributed by atoms with Crippen LogP contribution in [-0.4, -0.2) is 10.2 Å². The Morgan fingerprint density at radius 2 is 1.71 bits per heavy atom. The minimum Gasteiger partial charge on any atom is -0.142 e. The van der Waals surface area contributed by atoms with Gasteiger partial charge >= 0.3 is 0 Å². The second-order valence-corrected chi connectivity index (χ2v) is 5.94. The van der Waals surface area contributed by atoms with Crippen LogP contribution in [-0.2, 0) is 0 Å². The molecule has 0 atom stereocenters. The van der Waals surface area contributed by atoms with Crippen molar-refractivity contribution in [2.75, 3.05) is 0 Å². The summed E-state index contributed by atoms with van der Waals surface area (Å²) < 4.78 is 1.07. The van der Waals surface area contributed by atoms with E-state index in [1.165, 1.54) is 0 Å². The van der Waals surface area contributed by atoms with Gasteiger partial charge in [-0.15, -0.1) is 10.2 Å².